The summed E-state index contributed by atoms with van der Waals surface area (Å²) in [6.07, 6.45) is 0. The molecule has 0 saturated heterocycles. The van der Waals surface area contributed by atoms with Gasteiger partial charge in [-0.25, -0.2) is 0 Å². The van der Waals surface area contributed by atoms with Crippen molar-refractivity contribution in [1.82, 2.24) is 0 Å². The topological polar surface area (TPSA) is 9.23 Å². The minimum atomic E-state index is 0.218. The van der Waals surface area contributed by atoms with E-state index in [1.165, 1.54) is 27.8 Å². The number of halogens is 1. The standard InChI is InChI=1S/C17H19BrO/c1-11-6-5-7-14(8-11)16(18)15-9-12(2)17(19-4)13(3)10-15/h5-10,16H,1-4H3. The first-order chi connectivity index (χ1) is 9.02. The highest BCUT2D eigenvalue weighted by molar-refractivity contribution is 9.09. The Kier molecular flexibility index (Phi) is 4.31. The van der Waals surface area contributed by atoms with E-state index >= 15 is 0 Å². The minimum Gasteiger partial charge on any atom is -0.496 e. The van der Waals surface area contributed by atoms with Gasteiger partial charge in [0.05, 0.1) is 11.9 Å². The van der Waals surface area contributed by atoms with E-state index in [2.05, 4.69) is 73.1 Å². The van der Waals surface area contributed by atoms with Crippen LogP contribution in [0.5, 0.6) is 5.75 Å². The summed E-state index contributed by atoms with van der Waals surface area (Å²) in [5, 5.41) is 0. The molecular formula is C17H19BrO. The van der Waals surface area contributed by atoms with Crippen LogP contribution in [0.25, 0.3) is 0 Å². The molecule has 0 spiro atoms. The zero-order chi connectivity index (χ0) is 14.0. The van der Waals surface area contributed by atoms with Crippen LogP contribution in [0.1, 0.15) is 32.6 Å². The summed E-state index contributed by atoms with van der Waals surface area (Å²) in [6.45, 7) is 6.30. The Morgan fingerprint density at radius 3 is 2.11 bits per heavy atom. The average Bonchev–Trinajstić information content (AvgIpc) is 2.37. The summed E-state index contributed by atoms with van der Waals surface area (Å²) in [7, 11) is 1.72. The molecule has 100 valence electrons. The van der Waals surface area contributed by atoms with Crippen LogP contribution in [0, 0.1) is 20.8 Å². The smallest absolute Gasteiger partial charge is 0.124 e. The summed E-state index contributed by atoms with van der Waals surface area (Å²) in [5.41, 5.74) is 6.18. The first kappa shape index (κ1) is 14.1. The van der Waals surface area contributed by atoms with Crippen LogP contribution in [0.3, 0.4) is 0 Å². The fourth-order valence-corrected chi connectivity index (χ4v) is 3.02. The molecule has 0 bridgehead atoms. The number of aryl methyl sites for hydroxylation is 3. The van der Waals surface area contributed by atoms with Crippen molar-refractivity contribution in [3.8, 4) is 5.75 Å². The fraction of sp³-hybridized carbons (Fsp3) is 0.294. The Morgan fingerprint density at radius 1 is 0.947 bits per heavy atom. The molecule has 0 amide bonds. The Hall–Kier alpha value is -1.28. The first-order valence-electron chi connectivity index (χ1n) is 6.38. The second-order valence-electron chi connectivity index (χ2n) is 4.96. The molecule has 2 rings (SSSR count). The quantitative estimate of drug-likeness (QED) is 0.715. The van der Waals surface area contributed by atoms with Crippen molar-refractivity contribution >= 4 is 15.9 Å². The SMILES string of the molecule is COc1c(C)cc(C(Br)c2cccc(C)c2)cc1C. The first-order valence-corrected chi connectivity index (χ1v) is 7.30. The predicted octanol–water partition coefficient (Wildman–Crippen LogP) is 5.10. The molecule has 0 N–H and O–H groups in total. The van der Waals surface area contributed by atoms with E-state index in [1.54, 1.807) is 7.11 Å². The highest BCUT2D eigenvalue weighted by atomic mass is 79.9. The van der Waals surface area contributed by atoms with E-state index < -0.39 is 0 Å². The van der Waals surface area contributed by atoms with Gasteiger partial charge in [-0.05, 0) is 43.0 Å². The average molecular weight is 319 g/mol. The number of methoxy groups -OCH3 is 1. The molecule has 2 heteroatoms. The maximum Gasteiger partial charge on any atom is 0.124 e. The van der Waals surface area contributed by atoms with Gasteiger partial charge in [-0.15, -0.1) is 0 Å². The molecule has 0 radical (unpaired) electrons. The molecule has 1 nitrogen and oxygen atoms in total. The normalized spacial score (nSPS) is 12.3. The number of hydrogen-bond acceptors (Lipinski definition) is 1. The maximum absolute atomic E-state index is 5.42. The number of hydrogen-bond donors (Lipinski definition) is 0. The number of ether oxygens (including phenoxy) is 1. The third kappa shape index (κ3) is 3.01. The van der Waals surface area contributed by atoms with Crippen LogP contribution >= 0.6 is 15.9 Å². The van der Waals surface area contributed by atoms with E-state index in [4.69, 9.17) is 4.74 Å². The molecule has 0 aliphatic carbocycles. The van der Waals surface area contributed by atoms with Gasteiger partial charge >= 0.3 is 0 Å². The lowest BCUT2D eigenvalue weighted by atomic mass is 9.99. The van der Waals surface area contributed by atoms with Crippen molar-refractivity contribution < 1.29 is 4.74 Å². The third-order valence-corrected chi connectivity index (χ3v) is 4.37. The monoisotopic (exact) mass is 318 g/mol. The van der Waals surface area contributed by atoms with Crippen LogP contribution in [0.2, 0.25) is 0 Å². The lowest BCUT2D eigenvalue weighted by Crippen LogP contribution is -1.98. The lowest BCUT2D eigenvalue weighted by molar-refractivity contribution is 0.408. The Labute approximate surface area is 123 Å². The highest BCUT2D eigenvalue weighted by Gasteiger charge is 2.13. The molecule has 0 fully saturated rings. The van der Waals surface area contributed by atoms with Gasteiger partial charge in [0.1, 0.15) is 5.75 Å². The Bertz CT molecular complexity index is 567. The maximum atomic E-state index is 5.42. The van der Waals surface area contributed by atoms with Crippen LogP contribution < -0.4 is 4.74 Å². The van der Waals surface area contributed by atoms with Crippen LogP contribution in [0.15, 0.2) is 36.4 Å². The molecule has 19 heavy (non-hydrogen) atoms. The summed E-state index contributed by atoms with van der Waals surface area (Å²) in [4.78, 5) is 0.218. The van der Waals surface area contributed by atoms with Crippen molar-refractivity contribution in [1.29, 1.82) is 0 Å². The zero-order valence-corrected chi connectivity index (χ0v) is 13.4. The van der Waals surface area contributed by atoms with Crippen molar-refractivity contribution in [2.75, 3.05) is 7.11 Å². The Balaban J connectivity index is 2.42. The molecule has 0 heterocycles. The van der Waals surface area contributed by atoms with Gasteiger partial charge in [0, 0.05) is 0 Å². The molecule has 1 unspecified atom stereocenters. The molecule has 0 aromatic heterocycles. The van der Waals surface area contributed by atoms with Gasteiger partial charge in [-0.3, -0.25) is 0 Å². The van der Waals surface area contributed by atoms with Crippen LogP contribution in [-0.2, 0) is 0 Å². The van der Waals surface area contributed by atoms with Crippen molar-refractivity contribution in [2.45, 2.75) is 25.6 Å². The van der Waals surface area contributed by atoms with Crippen molar-refractivity contribution in [3.63, 3.8) is 0 Å². The number of benzene rings is 2. The lowest BCUT2D eigenvalue weighted by Gasteiger charge is -2.16. The van der Waals surface area contributed by atoms with Gasteiger partial charge in [0.25, 0.3) is 0 Å². The molecule has 0 aliphatic rings. The molecule has 0 saturated carbocycles. The van der Waals surface area contributed by atoms with Gasteiger partial charge < -0.3 is 4.74 Å². The van der Waals surface area contributed by atoms with Gasteiger partial charge in [-0.1, -0.05) is 57.9 Å². The summed E-state index contributed by atoms with van der Waals surface area (Å²) in [5.74, 6) is 0.979. The van der Waals surface area contributed by atoms with Gasteiger partial charge in [0.2, 0.25) is 0 Å². The molecule has 0 aliphatic heterocycles. The predicted molar refractivity (Wildman–Crippen MR) is 84.4 cm³/mol. The molecule has 1 atom stereocenters. The van der Waals surface area contributed by atoms with Crippen molar-refractivity contribution in [2.24, 2.45) is 0 Å². The van der Waals surface area contributed by atoms with E-state index in [9.17, 15) is 0 Å². The van der Waals surface area contributed by atoms with Crippen LogP contribution in [0.4, 0.5) is 0 Å². The fourth-order valence-electron chi connectivity index (χ4n) is 2.47. The second kappa shape index (κ2) is 5.79. The van der Waals surface area contributed by atoms with E-state index in [1.807, 2.05) is 0 Å². The number of rotatable bonds is 3. The van der Waals surface area contributed by atoms with Crippen LogP contribution in [-0.4, -0.2) is 7.11 Å². The highest BCUT2D eigenvalue weighted by Crippen LogP contribution is 2.35. The van der Waals surface area contributed by atoms with Crippen molar-refractivity contribution in [3.05, 3.63) is 64.2 Å². The third-order valence-electron chi connectivity index (χ3n) is 3.31. The zero-order valence-electron chi connectivity index (χ0n) is 11.8. The Morgan fingerprint density at radius 2 is 1.58 bits per heavy atom. The van der Waals surface area contributed by atoms with E-state index in [-0.39, 0.29) is 4.83 Å². The summed E-state index contributed by atoms with van der Waals surface area (Å²) < 4.78 is 5.42. The molecule has 2 aromatic carbocycles. The second-order valence-corrected chi connectivity index (χ2v) is 5.88. The summed E-state index contributed by atoms with van der Waals surface area (Å²) in [6, 6.07) is 13.0. The summed E-state index contributed by atoms with van der Waals surface area (Å²) >= 11 is 3.80. The van der Waals surface area contributed by atoms with E-state index in [0.717, 1.165) is 5.75 Å². The molecular weight excluding hydrogens is 300 g/mol. The van der Waals surface area contributed by atoms with Gasteiger partial charge in [0.15, 0.2) is 0 Å². The largest absolute Gasteiger partial charge is 0.496 e. The number of alkyl halides is 1. The molecule has 2 aromatic rings. The van der Waals surface area contributed by atoms with Gasteiger partial charge in [-0.2, -0.15) is 0 Å². The minimum absolute atomic E-state index is 0.218. The van der Waals surface area contributed by atoms with E-state index in [0.29, 0.717) is 0 Å².